The van der Waals surface area contributed by atoms with Gasteiger partial charge >= 0.3 is 6.09 Å². The van der Waals surface area contributed by atoms with Gasteiger partial charge in [0.1, 0.15) is 29.9 Å². The highest BCUT2D eigenvalue weighted by atomic mass is 19.1. The smallest absolute Gasteiger partial charge is 0.407 e. The van der Waals surface area contributed by atoms with Gasteiger partial charge < -0.3 is 35.2 Å². The van der Waals surface area contributed by atoms with Crippen LogP contribution in [0.15, 0.2) is 36.4 Å². The molecule has 1 unspecified atom stereocenters. The number of alkyl halides is 1. The standard InChI is InChI=1S/C29H36FN3O7/c1-18-24(19-6-3-7-21(14-19)39-13-12-34)22-15-20(16-23(25(22)40-18)27(36)31-2)26(35)32-10-4-8-29(30)9-5-11-33(17-29)28(37)38/h3,6-7,14-16,18,24,34H,4-5,8-13,17H2,1-2H3,(H,31,36)(H,32,35)(H,37,38)/t18-,24+,29?/m1/s1. The van der Waals surface area contributed by atoms with Crippen molar-refractivity contribution in [2.75, 3.05) is 39.9 Å². The van der Waals surface area contributed by atoms with E-state index in [0.29, 0.717) is 36.4 Å². The van der Waals surface area contributed by atoms with E-state index in [1.165, 1.54) is 13.1 Å². The monoisotopic (exact) mass is 557 g/mol. The Bertz CT molecular complexity index is 1260. The molecule has 0 bridgehead atoms. The number of fused-ring (bicyclic) bond motifs is 1. The normalized spacial score (nSPS) is 21.8. The van der Waals surface area contributed by atoms with E-state index in [2.05, 4.69) is 10.6 Å². The highest BCUT2D eigenvalue weighted by Crippen LogP contribution is 2.45. The van der Waals surface area contributed by atoms with Crippen LogP contribution in [0.2, 0.25) is 0 Å². The molecule has 4 N–H and O–H groups in total. The van der Waals surface area contributed by atoms with E-state index in [1.54, 1.807) is 12.1 Å². The topological polar surface area (TPSA) is 137 Å². The number of ether oxygens (including phenoxy) is 2. The number of carboxylic acid groups (broad SMARTS) is 1. The lowest BCUT2D eigenvalue weighted by atomic mass is 9.86. The molecule has 0 aliphatic carbocycles. The Morgan fingerprint density at radius 3 is 2.75 bits per heavy atom. The molecule has 2 aliphatic heterocycles. The fourth-order valence-corrected chi connectivity index (χ4v) is 5.53. The molecule has 40 heavy (non-hydrogen) atoms. The summed E-state index contributed by atoms with van der Waals surface area (Å²) in [6.45, 7) is 2.29. The molecule has 2 heterocycles. The molecule has 0 spiro atoms. The number of carbonyl (C=O) groups excluding carboxylic acids is 2. The van der Waals surface area contributed by atoms with Gasteiger partial charge in [0.2, 0.25) is 0 Å². The second-order valence-electron chi connectivity index (χ2n) is 10.3. The Morgan fingerprint density at radius 2 is 2.02 bits per heavy atom. The van der Waals surface area contributed by atoms with Crippen molar-refractivity contribution in [3.8, 4) is 11.5 Å². The molecule has 0 aromatic heterocycles. The predicted molar refractivity (Wildman–Crippen MR) is 145 cm³/mol. The fourth-order valence-electron chi connectivity index (χ4n) is 5.53. The molecule has 11 heteroatoms. The van der Waals surface area contributed by atoms with Gasteiger partial charge in [-0.25, -0.2) is 9.18 Å². The van der Waals surface area contributed by atoms with Crippen molar-refractivity contribution in [1.29, 1.82) is 0 Å². The number of aliphatic hydroxyl groups excluding tert-OH is 1. The van der Waals surface area contributed by atoms with Crippen molar-refractivity contribution in [3.63, 3.8) is 0 Å². The maximum absolute atomic E-state index is 15.2. The van der Waals surface area contributed by atoms with Gasteiger partial charge in [0, 0.05) is 37.2 Å². The lowest BCUT2D eigenvalue weighted by Crippen LogP contribution is -2.47. The van der Waals surface area contributed by atoms with Crippen LogP contribution < -0.4 is 20.1 Å². The second kappa shape index (κ2) is 12.5. The molecule has 3 atom stereocenters. The zero-order valence-electron chi connectivity index (χ0n) is 22.7. The highest BCUT2D eigenvalue weighted by molar-refractivity contribution is 6.02. The second-order valence-corrected chi connectivity index (χ2v) is 10.3. The number of rotatable bonds is 10. The Balaban J connectivity index is 1.51. The van der Waals surface area contributed by atoms with Crippen LogP contribution in [0, 0.1) is 0 Å². The minimum absolute atomic E-state index is 0.114. The maximum Gasteiger partial charge on any atom is 0.407 e. The molecule has 216 valence electrons. The molecule has 2 aromatic rings. The van der Waals surface area contributed by atoms with Crippen LogP contribution in [-0.4, -0.2) is 84.7 Å². The maximum atomic E-state index is 15.2. The van der Waals surface area contributed by atoms with Crippen LogP contribution in [0.3, 0.4) is 0 Å². The van der Waals surface area contributed by atoms with Crippen LogP contribution >= 0.6 is 0 Å². The number of halogens is 1. The highest BCUT2D eigenvalue weighted by Gasteiger charge is 2.38. The van der Waals surface area contributed by atoms with E-state index in [9.17, 15) is 19.5 Å². The minimum Gasteiger partial charge on any atom is -0.491 e. The number of benzene rings is 2. The zero-order valence-corrected chi connectivity index (χ0v) is 22.7. The average Bonchev–Trinajstić information content (AvgIpc) is 3.28. The minimum atomic E-state index is -1.61. The van der Waals surface area contributed by atoms with E-state index >= 15 is 4.39 Å². The first kappa shape index (κ1) is 29.1. The van der Waals surface area contributed by atoms with E-state index in [4.69, 9.17) is 14.6 Å². The first-order valence-electron chi connectivity index (χ1n) is 13.5. The summed E-state index contributed by atoms with van der Waals surface area (Å²) in [5, 5.41) is 23.7. The number of nitrogens with one attached hydrogen (secondary N) is 2. The molecule has 1 saturated heterocycles. The number of hydrogen-bond donors (Lipinski definition) is 4. The molecule has 10 nitrogen and oxygen atoms in total. The molecule has 2 aliphatic rings. The number of amides is 3. The van der Waals surface area contributed by atoms with Gasteiger partial charge in [-0.3, -0.25) is 9.59 Å². The molecule has 2 aromatic carbocycles. The van der Waals surface area contributed by atoms with Gasteiger partial charge in [-0.05, 0) is 62.4 Å². The molecule has 4 rings (SSSR count). The van der Waals surface area contributed by atoms with Crippen LogP contribution in [0.5, 0.6) is 11.5 Å². The van der Waals surface area contributed by atoms with Crippen molar-refractivity contribution < 1.29 is 38.5 Å². The average molecular weight is 558 g/mol. The lowest BCUT2D eigenvalue weighted by Gasteiger charge is -2.36. The number of piperidine rings is 1. The summed E-state index contributed by atoms with van der Waals surface area (Å²) in [7, 11) is 1.50. The van der Waals surface area contributed by atoms with E-state index in [1.807, 2.05) is 25.1 Å². The lowest BCUT2D eigenvalue weighted by molar-refractivity contribution is 0.0378. The Morgan fingerprint density at radius 1 is 1.23 bits per heavy atom. The molecule has 3 amide bonds. The van der Waals surface area contributed by atoms with Gasteiger partial charge in [-0.1, -0.05) is 12.1 Å². The van der Waals surface area contributed by atoms with Gasteiger partial charge in [0.05, 0.1) is 18.7 Å². The van der Waals surface area contributed by atoms with E-state index in [0.717, 1.165) is 10.5 Å². The van der Waals surface area contributed by atoms with Gasteiger partial charge in [-0.15, -0.1) is 0 Å². The summed E-state index contributed by atoms with van der Waals surface area (Å²) in [5.74, 6) is -0.0791. The Labute approximate surface area is 232 Å². The van der Waals surface area contributed by atoms with Gasteiger partial charge in [-0.2, -0.15) is 0 Å². The van der Waals surface area contributed by atoms with E-state index in [-0.39, 0.29) is 62.3 Å². The summed E-state index contributed by atoms with van der Waals surface area (Å²) in [4.78, 5) is 38.3. The zero-order chi connectivity index (χ0) is 28.9. The van der Waals surface area contributed by atoms with Crippen molar-refractivity contribution in [2.45, 2.75) is 50.3 Å². The summed E-state index contributed by atoms with van der Waals surface area (Å²) in [6, 6.07) is 10.6. The third-order valence-corrected chi connectivity index (χ3v) is 7.42. The number of aliphatic hydroxyl groups is 1. The van der Waals surface area contributed by atoms with Crippen LogP contribution in [-0.2, 0) is 0 Å². The number of carbonyl (C=O) groups is 3. The van der Waals surface area contributed by atoms with Crippen molar-refractivity contribution in [3.05, 3.63) is 58.7 Å². The van der Waals surface area contributed by atoms with Crippen molar-refractivity contribution in [2.24, 2.45) is 0 Å². The third kappa shape index (κ3) is 6.47. The Hall–Kier alpha value is -3.86. The largest absolute Gasteiger partial charge is 0.491 e. The van der Waals surface area contributed by atoms with Crippen LogP contribution in [0.25, 0.3) is 0 Å². The molecular formula is C29H36FN3O7. The van der Waals surface area contributed by atoms with Crippen LogP contribution in [0.4, 0.5) is 9.18 Å². The van der Waals surface area contributed by atoms with Crippen LogP contribution in [0.1, 0.15) is 70.4 Å². The molecule has 0 radical (unpaired) electrons. The number of nitrogens with zero attached hydrogens (tertiary/aromatic N) is 1. The Kier molecular flexibility index (Phi) is 9.14. The SMILES string of the molecule is CNC(=O)c1cc(C(=O)NCCCC2(F)CCCN(C(=O)O)C2)cc2c1O[C@H](C)[C@H]2c1cccc(OCCO)c1. The molecule has 0 saturated carbocycles. The summed E-state index contributed by atoms with van der Waals surface area (Å²) >= 11 is 0. The fraction of sp³-hybridized carbons (Fsp3) is 0.483. The summed E-state index contributed by atoms with van der Waals surface area (Å²) < 4.78 is 26.9. The van der Waals surface area contributed by atoms with Crippen molar-refractivity contribution >= 4 is 17.9 Å². The summed E-state index contributed by atoms with van der Waals surface area (Å²) in [5.41, 5.74) is 0.468. The van der Waals surface area contributed by atoms with Crippen molar-refractivity contribution in [1.82, 2.24) is 15.5 Å². The first-order chi connectivity index (χ1) is 19.2. The summed E-state index contributed by atoms with van der Waals surface area (Å²) in [6.07, 6.45) is -0.230. The number of hydrogen-bond acceptors (Lipinski definition) is 6. The first-order valence-corrected chi connectivity index (χ1v) is 13.5. The third-order valence-electron chi connectivity index (χ3n) is 7.42. The quantitative estimate of drug-likeness (QED) is 0.329. The molecular weight excluding hydrogens is 521 g/mol. The van der Waals surface area contributed by atoms with E-state index < -0.39 is 23.6 Å². The van der Waals surface area contributed by atoms with Gasteiger partial charge in [0.25, 0.3) is 11.8 Å². The predicted octanol–water partition coefficient (Wildman–Crippen LogP) is 3.32. The molecule has 1 fully saturated rings. The van der Waals surface area contributed by atoms with Gasteiger partial charge in [0.15, 0.2) is 0 Å². The number of likely N-dealkylation sites (tertiary alicyclic amines) is 1.